The van der Waals surface area contributed by atoms with Crippen molar-refractivity contribution in [1.82, 2.24) is 5.43 Å². The van der Waals surface area contributed by atoms with Crippen molar-refractivity contribution in [2.24, 2.45) is 5.84 Å². The van der Waals surface area contributed by atoms with Gasteiger partial charge in [-0.25, -0.2) is 5.84 Å². The van der Waals surface area contributed by atoms with Gasteiger partial charge in [0.2, 0.25) is 0 Å². The Morgan fingerprint density at radius 1 is 1.24 bits per heavy atom. The second-order valence-electron chi connectivity index (χ2n) is 4.15. The summed E-state index contributed by atoms with van der Waals surface area (Å²) in [5.74, 6) is 6.34. The first-order valence-electron chi connectivity index (χ1n) is 6.31. The van der Waals surface area contributed by atoms with Crippen LogP contribution in [0.15, 0.2) is 57.9 Å². The molecule has 21 heavy (non-hydrogen) atoms. The molecule has 0 bridgehead atoms. The van der Waals surface area contributed by atoms with E-state index in [0.29, 0.717) is 12.2 Å². The molecule has 3 N–H and O–H groups in total. The molecule has 4 nitrogen and oxygen atoms in total. The number of hydrogen-bond acceptors (Lipinski definition) is 4. The Labute approximate surface area is 136 Å². The molecular weight excluding hydrogens is 352 g/mol. The Bertz CT molecular complexity index is 605. The zero-order chi connectivity index (χ0) is 15.1. The first kappa shape index (κ1) is 15.9. The minimum Gasteiger partial charge on any atom is -0.493 e. The van der Waals surface area contributed by atoms with Crippen LogP contribution in [0.5, 0.6) is 5.75 Å². The molecule has 2 rings (SSSR count). The van der Waals surface area contributed by atoms with Crippen LogP contribution in [-0.4, -0.2) is 18.3 Å². The van der Waals surface area contributed by atoms with Gasteiger partial charge in [0.05, 0.1) is 6.61 Å². The molecule has 0 fully saturated rings. The predicted molar refractivity (Wildman–Crippen MR) is 88.5 cm³/mol. The Balaban J connectivity index is 1.77. The van der Waals surface area contributed by atoms with E-state index in [2.05, 4.69) is 33.5 Å². The molecule has 0 aliphatic carbocycles. The summed E-state index contributed by atoms with van der Waals surface area (Å²) in [5.41, 5.74) is 2.60. The number of hydrogen-bond donors (Lipinski definition) is 2. The molecule has 2 aromatic carbocycles. The molecule has 0 aliphatic heterocycles. The second-order valence-corrected chi connectivity index (χ2v) is 6.24. The fourth-order valence-corrected chi connectivity index (χ4v) is 3.00. The smallest absolute Gasteiger partial charge is 0.265 e. The molecule has 0 saturated heterocycles. The lowest BCUT2D eigenvalue weighted by molar-refractivity contribution is 0.0953. The van der Waals surface area contributed by atoms with Crippen molar-refractivity contribution in [3.8, 4) is 5.75 Å². The molecule has 6 heteroatoms. The van der Waals surface area contributed by atoms with Gasteiger partial charge < -0.3 is 4.74 Å². The summed E-state index contributed by atoms with van der Waals surface area (Å²) in [6, 6.07) is 15.0. The Morgan fingerprint density at radius 3 is 2.67 bits per heavy atom. The fourth-order valence-electron chi connectivity index (χ4n) is 1.66. The quantitative estimate of drug-likeness (QED) is 0.271. The topological polar surface area (TPSA) is 64.3 Å². The van der Waals surface area contributed by atoms with Gasteiger partial charge in [-0.2, -0.15) is 0 Å². The number of carbonyl (C=O) groups is 1. The van der Waals surface area contributed by atoms with Gasteiger partial charge in [0.1, 0.15) is 5.75 Å². The molecule has 0 heterocycles. The third-order valence-corrected chi connectivity index (χ3v) is 4.12. The summed E-state index contributed by atoms with van der Waals surface area (Å²) in [7, 11) is 0. The van der Waals surface area contributed by atoms with Crippen LogP contribution in [0.4, 0.5) is 0 Å². The van der Waals surface area contributed by atoms with Crippen molar-refractivity contribution in [2.75, 3.05) is 12.4 Å². The van der Waals surface area contributed by atoms with Gasteiger partial charge in [-0.3, -0.25) is 10.2 Å². The average Bonchev–Trinajstić information content (AvgIpc) is 2.51. The van der Waals surface area contributed by atoms with Crippen molar-refractivity contribution in [1.29, 1.82) is 0 Å². The van der Waals surface area contributed by atoms with Crippen LogP contribution in [0.25, 0.3) is 0 Å². The van der Waals surface area contributed by atoms with Crippen molar-refractivity contribution in [3.05, 3.63) is 58.6 Å². The fraction of sp³-hybridized carbons (Fsp3) is 0.133. The van der Waals surface area contributed by atoms with Crippen LogP contribution >= 0.6 is 27.7 Å². The molecule has 1 amide bonds. The van der Waals surface area contributed by atoms with Gasteiger partial charge in [0.15, 0.2) is 0 Å². The molecule has 0 saturated carbocycles. The van der Waals surface area contributed by atoms with Crippen molar-refractivity contribution >= 4 is 33.6 Å². The summed E-state index contributed by atoms with van der Waals surface area (Å²) in [6.45, 7) is 0.597. The Morgan fingerprint density at radius 2 is 2.00 bits per heavy atom. The highest BCUT2D eigenvalue weighted by Crippen LogP contribution is 2.22. The number of nitrogens with two attached hydrogens (primary N) is 1. The van der Waals surface area contributed by atoms with E-state index in [9.17, 15) is 4.79 Å². The molecular formula is C15H15BrN2O2S. The standard InChI is InChI=1S/C15H15BrN2O2S/c16-12-2-1-3-14(10-12)21-9-8-20-13-6-4-11(5-7-13)15(19)18-17/h1-7,10H,8-9,17H2,(H,18,19). The molecule has 0 atom stereocenters. The monoisotopic (exact) mass is 366 g/mol. The van der Waals surface area contributed by atoms with Gasteiger partial charge in [0.25, 0.3) is 5.91 Å². The summed E-state index contributed by atoms with van der Waals surface area (Å²) in [5, 5.41) is 0. The Hall–Kier alpha value is -1.50. The SMILES string of the molecule is NNC(=O)c1ccc(OCCSc2cccc(Br)c2)cc1. The van der Waals surface area contributed by atoms with Gasteiger partial charge in [0, 0.05) is 20.7 Å². The second kappa shape index (κ2) is 8.07. The largest absolute Gasteiger partial charge is 0.493 e. The highest BCUT2D eigenvalue weighted by Gasteiger charge is 2.03. The molecule has 2 aromatic rings. The van der Waals surface area contributed by atoms with Crippen LogP contribution in [0.2, 0.25) is 0 Å². The van der Waals surface area contributed by atoms with E-state index in [1.165, 1.54) is 4.90 Å². The minimum absolute atomic E-state index is 0.313. The van der Waals surface area contributed by atoms with Crippen molar-refractivity contribution in [2.45, 2.75) is 4.90 Å². The average molecular weight is 367 g/mol. The van der Waals surface area contributed by atoms with E-state index in [0.717, 1.165) is 16.0 Å². The van der Waals surface area contributed by atoms with Crippen molar-refractivity contribution in [3.63, 3.8) is 0 Å². The van der Waals surface area contributed by atoms with Crippen LogP contribution in [0.3, 0.4) is 0 Å². The number of hydrazine groups is 1. The summed E-state index contributed by atoms with van der Waals surface area (Å²) in [4.78, 5) is 12.5. The molecule has 0 aromatic heterocycles. The zero-order valence-corrected chi connectivity index (χ0v) is 13.6. The highest BCUT2D eigenvalue weighted by molar-refractivity contribution is 9.10. The molecule has 0 radical (unpaired) electrons. The van der Waals surface area contributed by atoms with Crippen LogP contribution < -0.4 is 16.0 Å². The number of nitrogen functional groups attached to an aromatic ring is 1. The summed E-state index contributed by atoms with van der Waals surface area (Å²) >= 11 is 5.18. The zero-order valence-electron chi connectivity index (χ0n) is 11.2. The molecule has 110 valence electrons. The van der Waals surface area contributed by atoms with E-state index in [1.807, 2.05) is 12.1 Å². The van der Waals surface area contributed by atoms with Crippen LogP contribution in [0.1, 0.15) is 10.4 Å². The third-order valence-electron chi connectivity index (χ3n) is 2.66. The molecule has 0 unspecified atom stereocenters. The third kappa shape index (κ3) is 5.08. The number of carbonyl (C=O) groups excluding carboxylic acids is 1. The lowest BCUT2D eigenvalue weighted by Gasteiger charge is -2.07. The number of ether oxygens (including phenoxy) is 1. The Kier molecular flexibility index (Phi) is 6.10. The lowest BCUT2D eigenvalue weighted by atomic mass is 10.2. The number of benzene rings is 2. The normalized spacial score (nSPS) is 10.2. The number of amides is 1. The van der Waals surface area contributed by atoms with Crippen LogP contribution in [-0.2, 0) is 0 Å². The number of thioether (sulfide) groups is 1. The van der Waals surface area contributed by atoms with Gasteiger partial charge in [-0.15, -0.1) is 11.8 Å². The number of nitrogens with one attached hydrogen (secondary N) is 1. The minimum atomic E-state index is -0.313. The van der Waals surface area contributed by atoms with E-state index in [1.54, 1.807) is 36.0 Å². The van der Waals surface area contributed by atoms with Crippen molar-refractivity contribution < 1.29 is 9.53 Å². The lowest BCUT2D eigenvalue weighted by Crippen LogP contribution is -2.29. The summed E-state index contributed by atoms with van der Waals surface area (Å²) in [6.07, 6.45) is 0. The van der Waals surface area contributed by atoms with E-state index < -0.39 is 0 Å². The maximum absolute atomic E-state index is 11.3. The van der Waals surface area contributed by atoms with Gasteiger partial charge >= 0.3 is 0 Å². The van der Waals surface area contributed by atoms with E-state index in [-0.39, 0.29) is 5.91 Å². The summed E-state index contributed by atoms with van der Waals surface area (Å²) < 4.78 is 6.70. The van der Waals surface area contributed by atoms with Gasteiger partial charge in [-0.1, -0.05) is 22.0 Å². The maximum Gasteiger partial charge on any atom is 0.265 e. The predicted octanol–water partition coefficient (Wildman–Crippen LogP) is 3.22. The first-order chi connectivity index (χ1) is 10.2. The molecule has 0 spiro atoms. The number of rotatable bonds is 6. The number of halogens is 1. The maximum atomic E-state index is 11.3. The van der Waals surface area contributed by atoms with E-state index in [4.69, 9.17) is 10.6 Å². The first-order valence-corrected chi connectivity index (χ1v) is 8.09. The van der Waals surface area contributed by atoms with Gasteiger partial charge in [-0.05, 0) is 42.5 Å². The van der Waals surface area contributed by atoms with E-state index >= 15 is 0 Å². The molecule has 0 aliphatic rings. The highest BCUT2D eigenvalue weighted by atomic mass is 79.9. The van der Waals surface area contributed by atoms with Crippen LogP contribution in [0, 0.1) is 0 Å².